The van der Waals surface area contributed by atoms with Gasteiger partial charge in [0.2, 0.25) is 15.9 Å². The number of nitrogens with one attached hydrogen (secondary N) is 2. The first-order valence-electron chi connectivity index (χ1n) is 7.59. The maximum absolute atomic E-state index is 12.0. The fourth-order valence-electron chi connectivity index (χ4n) is 1.91. The molecule has 2 N–H and O–H groups in total. The number of carbonyl (C=O) groups excluding carboxylic acids is 1. The molecule has 0 fully saturated rings. The summed E-state index contributed by atoms with van der Waals surface area (Å²) in [6, 6.07) is 9.98. The first kappa shape index (κ1) is 20.3. The highest BCUT2D eigenvalue weighted by molar-refractivity contribution is 7.98. The fraction of sp³-hybridized carbons (Fsp3) is 0.312. The Morgan fingerprint density at radius 3 is 2.60 bits per heavy atom. The molecule has 9 heteroatoms. The number of amides is 1. The molecule has 0 saturated carbocycles. The summed E-state index contributed by atoms with van der Waals surface area (Å²) >= 11 is 9.21. The van der Waals surface area contributed by atoms with Gasteiger partial charge in [-0.2, -0.15) is 11.8 Å². The molecule has 2 rings (SSSR count). The molecule has 1 amide bonds. The largest absolute Gasteiger partial charge is 0.355 e. The van der Waals surface area contributed by atoms with E-state index in [9.17, 15) is 13.2 Å². The molecular formula is C16H19ClN2O3S3. The van der Waals surface area contributed by atoms with E-state index in [0.717, 1.165) is 11.5 Å². The fourth-order valence-corrected chi connectivity index (χ4v) is 4.77. The number of halogens is 1. The van der Waals surface area contributed by atoms with Gasteiger partial charge in [-0.15, -0.1) is 11.3 Å². The smallest absolute Gasteiger partial charge is 0.240 e. The zero-order valence-corrected chi connectivity index (χ0v) is 16.6. The number of thioether (sulfide) groups is 1. The number of hydrogen-bond acceptors (Lipinski definition) is 5. The average Bonchev–Trinajstić information content (AvgIpc) is 3.08. The van der Waals surface area contributed by atoms with Crippen LogP contribution < -0.4 is 10.0 Å². The van der Waals surface area contributed by atoms with Crippen molar-refractivity contribution < 1.29 is 13.2 Å². The molecule has 136 valence electrons. The monoisotopic (exact) mass is 418 g/mol. The summed E-state index contributed by atoms with van der Waals surface area (Å²) in [4.78, 5) is 13.2. The van der Waals surface area contributed by atoms with E-state index in [1.54, 1.807) is 23.1 Å². The molecule has 1 aromatic carbocycles. The highest BCUT2D eigenvalue weighted by Gasteiger charge is 2.13. The van der Waals surface area contributed by atoms with Crippen molar-refractivity contribution in [3.05, 3.63) is 51.7 Å². The lowest BCUT2D eigenvalue weighted by atomic mass is 10.4. The topological polar surface area (TPSA) is 75.3 Å². The van der Waals surface area contributed by atoms with Crippen LogP contribution in [0.5, 0.6) is 0 Å². The van der Waals surface area contributed by atoms with Gasteiger partial charge in [0, 0.05) is 40.9 Å². The van der Waals surface area contributed by atoms with E-state index in [4.69, 9.17) is 11.6 Å². The van der Waals surface area contributed by atoms with E-state index in [1.165, 1.54) is 29.1 Å². The normalized spacial score (nSPS) is 11.4. The summed E-state index contributed by atoms with van der Waals surface area (Å²) in [5.41, 5.74) is 0. The Morgan fingerprint density at radius 1 is 1.16 bits per heavy atom. The van der Waals surface area contributed by atoms with Crippen LogP contribution in [0.4, 0.5) is 0 Å². The molecule has 1 aromatic heterocycles. The summed E-state index contributed by atoms with van der Waals surface area (Å²) in [7, 11) is -3.62. The molecule has 2 aromatic rings. The van der Waals surface area contributed by atoms with Crippen LogP contribution in [0.25, 0.3) is 0 Å². The molecule has 0 unspecified atom stereocenters. The molecule has 0 aliphatic carbocycles. The van der Waals surface area contributed by atoms with Gasteiger partial charge in [-0.05, 0) is 35.7 Å². The maximum Gasteiger partial charge on any atom is 0.240 e. The molecule has 5 nitrogen and oxygen atoms in total. The van der Waals surface area contributed by atoms with Crippen LogP contribution in [0.3, 0.4) is 0 Å². The minimum Gasteiger partial charge on any atom is -0.355 e. The second-order valence-electron chi connectivity index (χ2n) is 5.08. The zero-order chi connectivity index (χ0) is 18.1. The van der Waals surface area contributed by atoms with Crippen LogP contribution in [0.1, 0.15) is 11.3 Å². The van der Waals surface area contributed by atoms with E-state index < -0.39 is 10.0 Å². The quantitative estimate of drug-likeness (QED) is 0.581. The zero-order valence-electron chi connectivity index (χ0n) is 13.4. The van der Waals surface area contributed by atoms with E-state index in [0.29, 0.717) is 11.6 Å². The molecule has 0 radical (unpaired) electrons. The van der Waals surface area contributed by atoms with Crippen molar-refractivity contribution in [2.45, 2.75) is 17.1 Å². The first-order chi connectivity index (χ1) is 12.0. The Hall–Kier alpha value is -1.06. The summed E-state index contributed by atoms with van der Waals surface area (Å²) in [5, 5.41) is 5.30. The number of carbonyl (C=O) groups is 1. The van der Waals surface area contributed by atoms with E-state index in [1.807, 2.05) is 11.4 Å². The van der Waals surface area contributed by atoms with Gasteiger partial charge in [-0.1, -0.05) is 17.7 Å². The molecule has 25 heavy (non-hydrogen) atoms. The van der Waals surface area contributed by atoms with Crippen LogP contribution >= 0.6 is 34.7 Å². The lowest BCUT2D eigenvalue weighted by Crippen LogP contribution is -2.31. The number of thiophene rings is 1. The van der Waals surface area contributed by atoms with Gasteiger partial charge in [-0.25, -0.2) is 13.1 Å². The Bertz CT molecular complexity index is 762. The summed E-state index contributed by atoms with van der Waals surface area (Å²) in [6.07, 6.45) is 0.0996. The van der Waals surface area contributed by atoms with Gasteiger partial charge < -0.3 is 5.32 Å². The van der Waals surface area contributed by atoms with Gasteiger partial charge in [0.25, 0.3) is 0 Å². The minimum absolute atomic E-state index is 0.0547. The standard InChI is InChI=1S/C16H19ClN2O3S3/c17-13-3-5-15(6-4-13)25(21,22)19-8-7-16(20)18-9-11-23-12-14-2-1-10-24-14/h1-6,10,19H,7-9,11-12H2,(H,18,20). The lowest BCUT2D eigenvalue weighted by Gasteiger charge is -2.07. The number of hydrogen-bond donors (Lipinski definition) is 2. The van der Waals surface area contributed by atoms with Crippen molar-refractivity contribution in [1.29, 1.82) is 0 Å². The van der Waals surface area contributed by atoms with Crippen molar-refractivity contribution in [2.24, 2.45) is 0 Å². The second-order valence-corrected chi connectivity index (χ2v) is 9.42. The summed E-state index contributed by atoms with van der Waals surface area (Å²) in [6.45, 7) is 0.623. The minimum atomic E-state index is -3.62. The molecule has 0 saturated heterocycles. The van der Waals surface area contributed by atoms with Crippen molar-refractivity contribution in [3.8, 4) is 0 Å². The maximum atomic E-state index is 12.0. The van der Waals surface area contributed by atoms with Crippen molar-refractivity contribution in [1.82, 2.24) is 10.0 Å². The molecular weight excluding hydrogens is 400 g/mol. The lowest BCUT2D eigenvalue weighted by molar-refractivity contribution is -0.120. The van der Waals surface area contributed by atoms with Gasteiger partial charge in [0.15, 0.2) is 0 Å². The van der Waals surface area contributed by atoms with Crippen molar-refractivity contribution >= 4 is 50.6 Å². The highest BCUT2D eigenvalue weighted by atomic mass is 35.5. The highest BCUT2D eigenvalue weighted by Crippen LogP contribution is 2.16. The molecule has 0 aliphatic heterocycles. The third-order valence-corrected chi connectivity index (χ3v) is 6.96. The van der Waals surface area contributed by atoms with Crippen LogP contribution in [0.2, 0.25) is 5.02 Å². The predicted molar refractivity (Wildman–Crippen MR) is 105 cm³/mol. The Balaban J connectivity index is 1.60. The van der Waals surface area contributed by atoms with Crippen LogP contribution in [-0.4, -0.2) is 33.2 Å². The van der Waals surface area contributed by atoms with Gasteiger partial charge in [-0.3, -0.25) is 4.79 Å². The molecule has 1 heterocycles. The van der Waals surface area contributed by atoms with E-state index >= 15 is 0 Å². The summed E-state index contributed by atoms with van der Waals surface area (Å²) < 4.78 is 26.5. The first-order valence-corrected chi connectivity index (χ1v) is 11.5. The Labute approximate surface area is 161 Å². The van der Waals surface area contributed by atoms with E-state index in [2.05, 4.69) is 16.1 Å². The van der Waals surface area contributed by atoms with Crippen LogP contribution in [-0.2, 0) is 20.6 Å². The summed E-state index contributed by atoms with van der Waals surface area (Å²) in [5.74, 6) is 1.59. The van der Waals surface area contributed by atoms with Crippen LogP contribution in [0, 0.1) is 0 Å². The molecule has 0 spiro atoms. The molecule has 0 aliphatic rings. The Morgan fingerprint density at radius 2 is 1.92 bits per heavy atom. The molecule has 0 bridgehead atoms. The van der Waals surface area contributed by atoms with E-state index in [-0.39, 0.29) is 23.8 Å². The molecule has 0 atom stereocenters. The van der Waals surface area contributed by atoms with Gasteiger partial charge in [0.05, 0.1) is 4.90 Å². The predicted octanol–water partition coefficient (Wildman–Crippen LogP) is 3.12. The average molecular weight is 419 g/mol. The second kappa shape index (κ2) is 10.2. The van der Waals surface area contributed by atoms with Gasteiger partial charge >= 0.3 is 0 Å². The number of benzene rings is 1. The van der Waals surface area contributed by atoms with Crippen molar-refractivity contribution in [3.63, 3.8) is 0 Å². The number of sulfonamides is 1. The van der Waals surface area contributed by atoms with Crippen LogP contribution in [0.15, 0.2) is 46.7 Å². The number of rotatable bonds is 10. The Kier molecular flexibility index (Phi) is 8.25. The third-order valence-electron chi connectivity index (χ3n) is 3.16. The SMILES string of the molecule is O=C(CCNS(=O)(=O)c1ccc(Cl)cc1)NCCSCc1cccs1. The third kappa shape index (κ3) is 7.37. The van der Waals surface area contributed by atoms with Crippen molar-refractivity contribution in [2.75, 3.05) is 18.8 Å². The van der Waals surface area contributed by atoms with Gasteiger partial charge in [0.1, 0.15) is 0 Å².